The fourth-order valence-corrected chi connectivity index (χ4v) is 3.03. The first kappa shape index (κ1) is 18.5. The highest BCUT2D eigenvalue weighted by molar-refractivity contribution is 5.29. The summed E-state index contributed by atoms with van der Waals surface area (Å²) in [6.45, 7) is 4.81. The van der Waals surface area contributed by atoms with Gasteiger partial charge in [0.05, 0.1) is 6.61 Å². The van der Waals surface area contributed by atoms with Crippen LogP contribution in [0.5, 0.6) is 5.75 Å². The monoisotopic (exact) mass is 359 g/mol. The number of nitrogens with one attached hydrogen (secondary N) is 1. The summed E-state index contributed by atoms with van der Waals surface area (Å²) in [5.41, 5.74) is 1.32. The molecule has 2 aromatic rings. The van der Waals surface area contributed by atoms with Crippen molar-refractivity contribution in [3.8, 4) is 5.75 Å². The van der Waals surface area contributed by atoms with Crippen molar-refractivity contribution in [3.63, 3.8) is 0 Å². The Morgan fingerprint density at radius 3 is 2.81 bits per heavy atom. The zero-order valence-electron chi connectivity index (χ0n) is 15.8. The standard InChI is InChI=1S/C19H29N5O2/c1-23(2)19-22-21-18(26-19)20-10-7-13-25-17-9-6-8-16(14-17)15-24-11-4-3-5-12-24/h6,8-9,14H,3-5,7,10-13,15H2,1-2H3,(H,20,21). The number of ether oxygens (including phenoxy) is 1. The summed E-state index contributed by atoms with van der Waals surface area (Å²) in [6, 6.07) is 9.37. The van der Waals surface area contributed by atoms with Crippen LogP contribution in [0.25, 0.3) is 0 Å². The van der Waals surface area contributed by atoms with E-state index in [2.05, 4.69) is 38.6 Å². The van der Waals surface area contributed by atoms with Crippen LogP contribution in [-0.2, 0) is 6.54 Å². The lowest BCUT2D eigenvalue weighted by Gasteiger charge is -2.26. The van der Waals surface area contributed by atoms with Crippen LogP contribution >= 0.6 is 0 Å². The van der Waals surface area contributed by atoms with Gasteiger partial charge in [-0.25, -0.2) is 0 Å². The van der Waals surface area contributed by atoms with E-state index in [-0.39, 0.29) is 0 Å². The average molecular weight is 359 g/mol. The number of piperidine rings is 1. The third-order valence-corrected chi connectivity index (χ3v) is 4.42. The van der Waals surface area contributed by atoms with Gasteiger partial charge in [-0.3, -0.25) is 4.90 Å². The van der Waals surface area contributed by atoms with Gasteiger partial charge in [0.15, 0.2) is 0 Å². The third-order valence-electron chi connectivity index (χ3n) is 4.42. The first-order valence-electron chi connectivity index (χ1n) is 9.39. The molecule has 142 valence electrons. The average Bonchev–Trinajstić information content (AvgIpc) is 3.12. The van der Waals surface area contributed by atoms with Crippen molar-refractivity contribution in [3.05, 3.63) is 29.8 Å². The molecule has 0 saturated carbocycles. The van der Waals surface area contributed by atoms with Crippen LogP contribution in [0.15, 0.2) is 28.7 Å². The molecule has 0 bridgehead atoms. The first-order valence-corrected chi connectivity index (χ1v) is 9.39. The molecule has 1 saturated heterocycles. The molecule has 1 aliphatic rings. The van der Waals surface area contributed by atoms with Gasteiger partial charge >= 0.3 is 12.0 Å². The Balaban J connectivity index is 1.37. The Labute approximate surface area is 155 Å². The molecule has 26 heavy (non-hydrogen) atoms. The van der Waals surface area contributed by atoms with Crippen LogP contribution in [-0.4, -0.2) is 55.4 Å². The highest BCUT2D eigenvalue weighted by Crippen LogP contribution is 2.18. The van der Waals surface area contributed by atoms with Crippen LogP contribution in [0.1, 0.15) is 31.2 Å². The topological polar surface area (TPSA) is 66.7 Å². The molecule has 0 amide bonds. The van der Waals surface area contributed by atoms with Gasteiger partial charge in [-0.05, 0) is 50.0 Å². The van der Waals surface area contributed by atoms with Crippen molar-refractivity contribution >= 4 is 12.0 Å². The van der Waals surface area contributed by atoms with Crippen molar-refractivity contribution in [1.29, 1.82) is 0 Å². The molecule has 0 radical (unpaired) electrons. The maximum Gasteiger partial charge on any atom is 0.318 e. The van der Waals surface area contributed by atoms with Crippen molar-refractivity contribution < 1.29 is 9.15 Å². The molecule has 0 atom stereocenters. The molecule has 1 aliphatic heterocycles. The predicted octanol–water partition coefficient (Wildman–Crippen LogP) is 3.00. The largest absolute Gasteiger partial charge is 0.494 e. The molecule has 1 N–H and O–H groups in total. The number of likely N-dealkylation sites (tertiary alicyclic amines) is 1. The van der Waals surface area contributed by atoms with Gasteiger partial charge in [0.25, 0.3) is 0 Å². The van der Waals surface area contributed by atoms with E-state index < -0.39 is 0 Å². The van der Waals surface area contributed by atoms with Crippen LogP contribution in [0.4, 0.5) is 12.0 Å². The minimum absolute atomic E-state index is 0.442. The molecule has 3 rings (SSSR count). The molecular weight excluding hydrogens is 330 g/mol. The number of aromatic nitrogens is 2. The molecule has 1 aromatic heterocycles. The molecule has 0 unspecified atom stereocenters. The van der Waals surface area contributed by atoms with E-state index >= 15 is 0 Å². The second-order valence-electron chi connectivity index (χ2n) is 6.90. The number of hydrogen-bond donors (Lipinski definition) is 1. The quantitative estimate of drug-likeness (QED) is 0.690. The molecule has 7 nitrogen and oxygen atoms in total. The smallest absolute Gasteiger partial charge is 0.318 e. The number of benzene rings is 1. The summed E-state index contributed by atoms with van der Waals surface area (Å²) < 4.78 is 11.3. The first-order chi connectivity index (χ1) is 12.7. The normalized spacial score (nSPS) is 15.0. The Hall–Kier alpha value is -2.28. The molecule has 2 heterocycles. The Morgan fingerprint density at radius 1 is 1.19 bits per heavy atom. The van der Waals surface area contributed by atoms with Gasteiger partial charge in [-0.15, -0.1) is 0 Å². The number of nitrogens with zero attached hydrogens (tertiary/aromatic N) is 4. The second-order valence-corrected chi connectivity index (χ2v) is 6.90. The molecule has 0 aliphatic carbocycles. The molecule has 1 fully saturated rings. The number of hydrogen-bond acceptors (Lipinski definition) is 7. The molecule has 0 spiro atoms. The maximum atomic E-state index is 5.88. The number of anilines is 2. The van der Waals surface area contributed by atoms with Crippen LogP contribution in [0, 0.1) is 0 Å². The van der Waals surface area contributed by atoms with Crippen molar-refractivity contribution in [2.75, 3.05) is 50.6 Å². The minimum Gasteiger partial charge on any atom is -0.494 e. The SMILES string of the molecule is CN(C)c1nnc(NCCCOc2cccc(CN3CCCCC3)c2)o1. The van der Waals surface area contributed by atoms with Crippen LogP contribution < -0.4 is 15.0 Å². The van der Waals surface area contributed by atoms with Crippen LogP contribution in [0.2, 0.25) is 0 Å². The van der Waals surface area contributed by atoms with Gasteiger partial charge in [0, 0.05) is 27.2 Å². The van der Waals surface area contributed by atoms with E-state index in [4.69, 9.17) is 9.15 Å². The van der Waals surface area contributed by atoms with Gasteiger partial charge in [-0.2, -0.15) is 0 Å². The molecule has 7 heteroatoms. The van der Waals surface area contributed by atoms with Gasteiger partial charge in [0.2, 0.25) is 0 Å². The predicted molar refractivity (Wildman–Crippen MR) is 103 cm³/mol. The fraction of sp³-hybridized carbons (Fsp3) is 0.579. The van der Waals surface area contributed by atoms with E-state index in [0.717, 1.165) is 25.3 Å². The maximum absolute atomic E-state index is 5.88. The second kappa shape index (κ2) is 9.43. The Morgan fingerprint density at radius 2 is 2.04 bits per heavy atom. The van der Waals surface area contributed by atoms with Gasteiger partial charge in [0.1, 0.15) is 5.75 Å². The number of rotatable bonds is 9. The summed E-state index contributed by atoms with van der Waals surface area (Å²) in [4.78, 5) is 4.30. The summed E-state index contributed by atoms with van der Waals surface area (Å²) >= 11 is 0. The Bertz CT molecular complexity index is 667. The van der Waals surface area contributed by atoms with Crippen LogP contribution in [0.3, 0.4) is 0 Å². The van der Waals surface area contributed by atoms with Crippen molar-refractivity contribution in [1.82, 2.24) is 15.1 Å². The lowest BCUT2D eigenvalue weighted by molar-refractivity contribution is 0.220. The van der Waals surface area contributed by atoms with E-state index in [0.29, 0.717) is 18.6 Å². The lowest BCUT2D eigenvalue weighted by Crippen LogP contribution is -2.29. The summed E-state index contributed by atoms with van der Waals surface area (Å²) in [7, 11) is 3.73. The van der Waals surface area contributed by atoms with E-state index in [1.54, 1.807) is 4.90 Å². The summed E-state index contributed by atoms with van der Waals surface area (Å²) in [5, 5.41) is 11.0. The zero-order chi connectivity index (χ0) is 18.2. The van der Waals surface area contributed by atoms with E-state index in [9.17, 15) is 0 Å². The third kappa shape index (κ3) is 5.62. The van der Waals surface area contributed by atoms with E-state index in [1.165, 1.54) is 37.9 Å². The zero-order valence-corrected chi connectivity index (χ0v) is 15.8. The van der Waals surface area contributed by atoms with Crippen molar-refractivity contribution in [2.24, 2.45) is 0 Å². The van der Waals surface area contributed by atoms with Crippen molar-refractivity contribution in [2.45, 2.75) is 32.2 Å². The molecule has 1 aromatic carbocycles. The Kier molecular flexibility index (Phi) is 6.71. The molecular formula is C19H29N5O2. The minimum atomic E-state index is 0.442. The highest BCUT2D eigenvalue weighted by atomic mass is 16.5. The summed E-state index contributed by atoms with van der Waals surface area (Å²) in [5.74, 6) is 0.937. The lowest BCUT2D eigenvalue weighted by atomic mass is 10.1. The summed E-state index contributed by atoms with van der Waals surface area (Å²) in [6.07, 6.45) is 4.86. The highest BCUT2D eigenvalue weighted by Gasteiger charge is 2.10. The fourth-order valence-electron chi connectivity index (χ4n) is 3.03. The van der Waals surface area contributed by atoms with Gasteiger partial charge in [-0.1, -0.05) is 28.8 Å². The van der Waals surface area contributed by atoms with Gasteiger partial charge < -0.3 is 19.4 Å². The van der Waals surface area contributed by atoms with E-state index in [1.807, 2.05) is 20.2 Å².